The molecular formula is C20H20N4OS. The number of aryl methyl sites for hydroxylation is 1. The van der Waals surface area contributed by atoms with Crippen molar-refractivity contribution >= 4 is 17.2 Å². The summed E-state index contributed by atoms with van der Waals surface area (Å²) < 4.78 is 6.02. The Morgan fingerprint density at radius 3 is 2.96 bits per heavy atom. The Balaban J connectivity index is 1.52. The number of aromatic nitrogens is 3. The first kappa shape index (κ1) is 15.9. The van der Waals surface area contributed by atoms with Crippen LogP contribution in [0.4, 0.5) is 5.82 Å². The van der Waals surface area contributed by atoms with Crippen LogP contribution < -0.4 is 4.90 Å². The van der Waals surface area contributed by atoms with Crippen molar-refractivity contribution < 1.29 is 4.74 Å². The topological polar surface area (TPSA) is 51.1 Å². The first-order chi connectivity index (χ1) is 12.9. The number of morpholine rings is 1. The fourth-order valence-corrected chi connectivity index (χ4v) is 4.54. The van der Waals surface area contributed by atoms with Crippen LogP contribution in [0, 0.1) is 0 Å². The molecule has 5 rings (SSSR count). The molecule has 2 aliphatic rings. The quantitative estimate of drug-likeness (QED) is 0.710. The van der Waals surface area contributed by atoms with E-state index in [1.54, 1.807) is 17.5 Å². The van der Waals surface area contributed by atoms with E-state index in [1.807, 2.05) is 18.2 Å². The highest BCUT2D eigenvalue weighted by atomic mass is 32.1. The van der Waals surface area contributed by atoms with Gasteiger partial charge in [0.05, 0.1) is 13.2 Å². The fourth-order valence-electron chi connectivity index (χ4n) is 3.77. The van der Waals surface area contributed by atoms with E-state index in [2.05, 4.69) is 27.4 Å². The summed E-state index contributed by atoms with van der Waals surface area (Å²) in [7, 11) is 0. The molecule has 1 fully saturated rings. The highest BCUT2D eigenvalue weighted by molar-refractivity contribution is 7.10. The van der Waals surface area contributed by atoms with Crippen molar-refractivity contribution in [2.75, 3.05) is 24.6 Å². The lowest BCUT2D eigenvalue weighted by atomic mass is 10.1. The van der Waals surface area contributed by atoms with Gasteiger partial charge in [-0.2, -0.15) is 0 Å². The molecule has 0 amide bonds. The van der Waals surface area contributed by atoms with Gasteiger partial charge in [-0.1, -0.05) is 12.1 Å². The van der Waals surface area contributed by atoms with Crippen LogP contribution in [-0.2, 0) is 17.6 Å². The van der Waals surface area contributed by atoms with Crippen molar-refractivity contribution in [1.82, 2.24) is 15.0 Å². The Labute approximate surface area is 156 Å². The second-order valence-electron chi connectivity index (χ2n) is 6.69. The second kappa shape index (κ2) is 6.78. The Hall–Kier alpha value is -2.31. The van der Waals surface area contributed by atoms with Gasteiger partial charge in [0.15, 0.2) is 5.82 Å². The van der Waals surface area contributed by atoms with Crippen molar-refractivity contribution in [3.63, 3.8) is 0 Å². The minimum atomic E-state index is 0.120. The second-order valence-corrected chi connectivity index (χ2v) is 7.66. The number of hydrogen-bond donors (Lipinski definition) is 0. The van der Waals surface area contributed by atoms with Crippen molar-refractivity contribution in [2.24, 2.45) is 0 Å². The van der Waals surface area contributed by atoms with E-state index in [0.29, 0.717) is 0 Å². The first-order valence-electron chi connectivity index (χ1n) is 9.09. The third-order valence-corrected chi connectivity index (χ3v) is 6.00. The predicted octanol–water partition coefficient (Wildman–Crippen LogP) is 3.67. The van der Waals surface area contributed by atoms with Gasteiger partial charge in [-0.05, 0) is 42.8 Å². The van der Waals surface area contributed by atoms with E-state index in [-0.39, 0.29) is 6.10 Å². The molecule has 3 aromatic heterocycles. The molecule has 6 heteroatoms. The van der Waals surface area contributed by atoms with Crippen LogP contribution >= 0.6 is 11.3 Å². The minimum Gasteiger partial charge on any atom is -0.369 e. The van der Waals surface area contributed by atoms with E-state index < -0.39 is 0 Å². The number of pyridine rings is 1. The Bertz CT molecular complexity index is 898. The normalized spacial score (nSPS) is 19.5. The van der Waals surface area contributed by atoms with E-state index in [9.17, 15) is 0 Å². The molecule has 26 heavy (non-hydrogen) atoms. The summed E-state index contributed by atoms with van der Waals surface area (Å²) in [6.07, 6.45) is 5.17. The summed E-state index contributed by atoms with van der Waals surface area (Å²) in [5.41, 5.74) is 3.35. The number of hydrogen-bond acceptors (Lipinski definition) is 6. The molecule has 0 saturated carbocycles. The molecule has 1 aliphatic heterocycles. The van der Waals surface area contributed by atoms with Crippen molar-refractivity contribution in [1.29, 1.82) is 0 Å². The summed E-state index contributed by atoms with van der Waals surface area (Å²) in [5.74, 6) is 1.82. The zero-order valence-electron chi connectivity index (χ0n) is 14.5. The molecule has 0 bridgehead atoms. The fraction of sp³-hybridized carbons (Fsp3) is 0.350. The number of fused-ring (bicyclic) bond motifs is 1. The Morgan fingerprint density at radius 1 is 1.12 bits per heavy atom. The predicted molar refractivity (Wildman–Crippen MR) is 103 cm³/mol. The van der Waals surface area contributed by atoms with Crippen molar-refractivity contribution in [3.05, 3.63) is 58.0 Å². The molecule has 132 valence electrons. The van der Waals surface area contributed by atoms with E-state index in [4.69, 9.17) is 14.7 Å². The molecule has 1 saturated heterocycles. The molecule has 4 heterocycles. The monoisotopic (exact) mass is 364 g/mol. The van der Waals surface area contributed by atoms with Crippen molar-refractivity contribution in [3.8, 4) is 11.5 Å². The number of rotatable bonds is 3. The van der Waals surface area contributed by atoms with Crippen LogP contribution in [0.5, 0.6) is 0 Å². The standard InChI is InChI=1S/C20H20N4OS/c1-2-9-21-16(6-1)19-22-15-7-3-5-14(15)20(23-19)24-10-11-25-17(13-24)18-8-4-12-26-18/h1-2,4,6,8-9,12,17H,3,5,7,10-11,13H2. The highest BCUT2D eigenvalue weighted by Crippen LogP contribution is 2.34. The summed E-state index contributed by atoms with van der Waals surface area (Å²) >= 11 is 1.76. The molecule has 0 N–H and O–H groups in total. The van der Waals surface area contributed by atoms with Gasteiger partial charge < -0.3 is 9.64 Å². The summed E-state index contributed by atoms with van der Waals surface area (Å²) in [6.45, 7) is 2.43. The van der Waals surface area contributed by atoms with Crippen LogP contribution in [-0.4, -0.2) is 34.6 Å². The number of anilines is 1. The molecule has 1 aliphatic carbocycles. The number of nitrogens with zero attached hydrogens (tertiary/aromatic N) is 4. The van der Waals surface area contributed by atoms with Crippen LogP contribution in [0.25, 0.3) is 11.5 Å². The SMILES string of the molecule is c1ccc(-c2nc3c(c(N4CCOC(c5cccs5)C4)n2)CCC3)nc1. The maximum absolute atomic E-state index is 6.02. The van der Waals surface area contributed by atoms with Gasteiger partial charge in [0, 0.05) is 28.9 Å². The van der Waals surface area contributed by atoms with Gasteiger partial charge in [-0.3, -0.25) is 4.98 Å². The third-order valence-electron chi connectivity index (χ3n) is 5.03. The van der Waals surface area contributed by atoms with Crippen LogP contribution in [0.15, 0.2) is 41.9 Å². The van der Waals surface area contributed by atoms with Crippen LogP contribution in [0.3, 0.4) is 0 Å². The summed E-state index contributed by atoms with van der Waals surface area (Å²) in [5, 5.41) is 2.11. The average Bonchev–Trinajstić information content (AvgIpc) is 3.40. The van der Waals surface area contributed by atoms with Crippen LogP contribution in [0.1, 0.15) is 28.7 Å². The molecule has 0 radical (unpaired) electrons. The molecule has 0 aromatic carbocycles. The lowest BCUT2D eigenvalue weighted by molar-refractivity contribution is 0.0418. The lowest BCUT2D eigenvalue weighted by Gasteiger charge is -2.34. The molecule has 3 aromatic rings. The molecule has 5 nitrogen and oxygen atoms in total. The van der Waals surface area contributed by atoms with Crippen LogP contribution in [0.2, 0.25) is 0 Å². The molecule has 1 unspecified atom stereocenters. The van der Waals surface area contributed by atoms with Gasteiger partial charge >= 0.3 is 0 Å². The van der Waals surface area contributed by atoms with Gasteiger partial charge in [0.2, 0.25) is 0 Å². The third kappa shape index (κ3) is 2.89. The maximum Gasteiger partial charge on any atom is 0.180 e. The minimum absolute atomic E-state index is 0.120. The summed E-state index contributed by atoms with van der Waals surface area (Å²) in [6, 6.07) is 10.1. The van der Waals surface area contributed by atoms with Gasteiger partial charge in [-0.25, -0.2) is 9.97 Å². The van der Waals surface area contributed by atoms with Gasteiger partial charge in [0.1, 0.15) is 17.6 Å². The first-order valence-corrected chi connectivity index (χ1v) is 9.97. The molecular weight excluding hydrogens is 344 g/mol. The largest absolute Gasteiger partial charge is 0.369 e. The molecule has 0 spiro atoms. The molecule has 1 atom stereocenters. The van der Waals surface area contributed by atoms with E-state index >= 15 is 0 Å². The van der Waals surface area contributed by atoms with E-state index in [0.717, 1.165) is 56.3 Å². The lowest BCUT2D eigenvalue weighted by Crippen LogP contribution is -2.39. The van der Waals surface area contributed by atoms with Gasteiger partial charge in [-0.15, -0.1) is 11.3 Å². The maximum atomic E-state index is 6.02. The van der Waals surface area contributed by atoms with Crippen molar-refractivity contribution in [2.45, 2.75) is 25.4 Å². The zero-order chi connectivity index (χ0) is 17.3. The Morgan fingerprint density at radius 2 is 2.12 bits per heavy atom. The van der Waals surface area contributed by atoms with Gasteiger partial charge in [0.25, 0.3) is 0 Å². The number of ether oxygens (including phenoxy) is 1. The van der Waals surface area contributed by atoms with E-state index in [1.165, 1.54) is 16.1 Å². The smallest absolute Gasteiger partial charge is 0.180 e. The summed E-state index contributed by atoms with van der Waals surface area (Å²) in [4.78, 5) is 17.9. The Kier molecular flexibility index (Phi) is 4.15. The zero-order valence-corrected chi connectivity index (χ0v) is 15.3. The highest BCUT2D eigenvalue weighted by Gasteiger charge is 2.28. The average molecular weight is 364 g/mol. The number of thiophene rings is 1.